The summed E-state index contributed by atoms with van der Waals surface area (Å²) >= 11 is 0. The summed E-state index contributed by atoms with van der Waals surface area (Å²) in [6.07, 6.45) is -0.762. The molecule has 140 valence electrons. The number of carbonyl (C=O) groups excluding carboxylic acids is 1. The van der Waals surface area contributed by atoms with Crippen molar-refractivity contribution < 1.29 is 26.9 Å². The summed E-state index contributed by atoms with van der Waals surface area (Å²) in [5.74, 6) is -7.26. The van der Waals surface area contributed by atoms with Crippen molar-refractivity contribution in [1.29, 1.82) is 0 Å². The smallest absolute Gasteiger partial charge is 0.382 e. The number of alkyl halides is 2. The highest BCUT2D eigenvalue weighted by atomic mass is 32.2. The van der Waals surface area contributed by atoms with E-state index in [0.29, 0.717) is 0 Å². The van der Waals surface area contributed by atoms with Gasteiger partial charge in [-0.25, -0.2) is 13.4 Å². The maximum atomic E-state index is 14.6. The molecule has 1 rings (SSSR count). The topological polar surface area (TPSA) is 55.7 Å². The summed E-state index contributed by atoms with van der Waals surface area (Å²) in [6.45, 7) is 9.25. The zero-order valence-corrected chi connectivity index (χ0v) is 15.8. The number of esters is 1. The molecule has 4 nitrogen and oxygen atoms in total. The van der Waals surface area contributed by atoms with Crippen LogP contribution in [0.2, 0.25) is 0 Å². The number of benzene rings is 1. The van der Waals surface area contributed by atoms with Crippen molar-refractivity contribution in [3.63, 3.8) is 0 Å². The molecule has 0 N–H and O–H groups in total. The first-order chi connectivity index (χ1) is 11.3. The normalized spacial score (nSPS) is 14.6. The Balaban J connectivity index is 3.34. The Morgan fingerprint density at radius 2 is 1.80 bits per heavy atom. The number of hydrogen-bond acceptors (Lipinski definition) is 3. The van der Waals surface area contributed by atoms with E-state index in [4.69, 9.17) is 0 Å². The summed E-state index contributed by atoms with van der Waals surface area (Å²) in [7, 11) is -1.68. The molecule has 0 heterocycles. The second kappa shape index (κ2) is 7.68. The molecule has 0 saturated heterocycles. The van der Waals surface area contributed by atoms with Gasteiger partial charge in [-0.1, -0.05) is 12.1 Å². The molecule has 0 radical (unpaired) electrons. The fraction of sp³-hybridized carbons (Fsp3) is 0.529. The minimum absolute atomic E-state index is 0.000588. The van der Waals surface area contributed by atoms with Gasteiger partial charge in [0, 0.05) is 5.56 Å². The number of halogens is 3. The fourth-order valence-electron chi connectivity index (χ4n) is 1.76. The third kappa shape index (κ3) is 5.14. The molecule has 0 unspecified atom stereocenters. The summed E-state index contributed by atoms with van der Waals surface area (Å²) < 4.78 is 62.9. The number of rotatable bonds is 5. The summed E-state index contributed by atoms with van der Waals surface area (Å²) in [6, 6.07) is 3.24. The van der Waals surface area contributed by atoms with E-state index in [9.17, 15) is 22.2 Å². The molecule has 1 aromatic rings. The van der Waals surface area contributed by atoms with Gasteiger partial charge < -0.3 is 4.74 Å². The van der Waals surface area contributed by atoms with Gasteiger partial charge in [0.2, 0.25) is 0 Å². The van der Waals surface area contributed by atoms with E-state index in [1.165, 1.54) is 32.9 Å². The van der Waals surface area contributed by atoms with Crippen LogP contribution in [0.15, 0.2) is 22.6 Å². The van der Waals surface area contributed by atoms with Gasteiger partial charge >= 0.3 is 11.9 Å². The lowest BCUT2D eigenvalue weighted by molar-refractivity contribution is -0.178. The predicted octanol–water partition coefficient (Wildman–Crippen LogP) is 4.14. The second-order valence-corrected chi connectivity index (χ2v) is 8.64. The Morgan fingerprint density at radius 3 is 2.28 bits per heavy atom. The van der Waals surface area contributed by atoms with Crippen LogP contribution in [0.3, 0.4) is 0 Å². The first kappa shape index (κ1) is 21.3. The Hall–Kier alpha value is -1.70. The predicted molar refractivity (Wildman–Crippen MR) is 91.6 cm³/mol. The third-order valence-electron chi connectivity index (χ3n) is 3.07. The minimum atomic E-state index is -4.15. The lowest BCUT2D eigenvalue weighted by Crippen LogP contribution is -2.31. The SMILES string of the molecule is CC(=N[S@](=O)C(C)(C)C)c1cccc(C(F)(F)C(=O)OC(C)C)c1F. The summed E-state index contributed by atoms with van der Waals surface area (Å²) in [5, 5.41) is 0. The van der Waals surface area contributed by atoms with Gasteiger partial charge in [-0.3, -0.25) is 0 Å². The van der Waals surface area contributed by atoms with Crippen molar-refractivity contribution in [2.45, 2.75) is 58.3 Å². The maximum absolute atomic E-state index is 14.6. The van der Waals surface area contributed by atoms with Gasteiger partial charge in [0.05, 0.1) is 22.1 Å². The zero-order valence-electron chi connectivity index (χ0n) is 15.0. The van der Waals surface area contributed by atoms with Crippen LogP contribution in [0.1, 0.15) is 52.7 Å². The van der Waals surface area contributed by atoms with Crippen molar-refractivity contribution in [3.05, 3.63) is 35.1 Å². The van der Waals surface area contributed by atoms with Crippen LogP contribution >= 0.6 is 0 Å². The monoisotopic (exact) mass is 377 g/mol. The first-order valence-electron chi connectivity index (χ1n) is 7.64. The van der Waals surface area contributed by atoms with E-state index in [1.54, 1.807) is 20.8 Å². The lowest BCUT2D eigenvalue weighted by Gasteiger charge is -2.19. The van der Waals surface area contributed by atoms with Crippen molar-refractivity contribution in [3.8, 4) is 0 Å². The molecule has 0 fully saturated rings. The standard InChI is InChI=1S/C17H22F3NO3S/c1-10(2)24-15(22)17(19,20)13-9-7-8-12(14(13)18)11(3)21-25(23)16(4,5)6/h7-10H,1-6H3/t25-/m1/s1. The van der Waals surface area contributed by atoms with Gasteiger partial charge in [-0.05, 0) is 47.6 Å². The molecule has 1 atom stereocenters. The largest absolute Gasteiger partial charge is 0.458 e. The highest BCUT2D eigenvalue weighted by Crippen LogP contribution is 2.33. The number of nitrogens with zero attached hydrogens (tertiary/aromatic N) is 1. The van der Waals surface area contributed by atoms with Crippen LogP contribution in [0.4, 0.5) is 13.2 Å². The molecule has 0 saturated carbocycles. The second-order valence-electron chi connectivity index (χ2n) is 6.73. The van der Waals surface area contributed by atoms with E-state index in [0.717, 1.165) is 6.07 Å². The van der Waals surface area contributed by atoms with Gasteiger partial charge in [-0.15, -0.1) is 0 Å². The molecular weight excluding hydrogens is 355 g/mol. The van der Waals surface area contributed by atoms with Crippen LogP contribution in [0, 0.1) is 5.82 Å². The first-order valence-corrected chi connectivity index (χ1v) is 8.74. The zero-order chi connectivity index (χ0) is 19.6. The molecular formula is C17H22F3NO3S. The molecule has 0 aromatic heterocycles. The van der Waals surface area contributed by atoms with Crippen LogP contribution < -0.4 is 0 Å². The van der Waals surface area contributed by atoms with Crippen LogP contribution in [-0.2, 0) is 26.4 Å². The molecule has 0 spiro atoms. The Kier molecular flexibility index (Phi) is 6.55. The van der Waals surface area contributed by atoms with Crippen LogP contribution in [-0.4, -0.2) is 26.7 Å². The molecule has 0 bridgehead atoms. The highest BCUT2D eigenvalue weighted by molar-refractivity contribution is 7.85. The van der Waals surface area contributed by atoms with E-state index >= 15 is 0 Å². The molecule has 0 aliphatic rings. The van der Waals surface area contributed by atoms with E-state index < -0.39 is 45.1 Å². The van der Waals surface area contributed by atoms with E-state index in [2.05, 4.69) is 9.13 Å². The van der Waals surface area contributed by atoms with Crippen molar-refractivity contribution in [1.82, 2.24) is 0 Å². The Bertz CT molecular complexity index is 710. The molecule has 0 amide bonds. The average molecular weight is 377 g/mol. The van der Waals surface area contributed by atoms with Crippen LogP contribution in [0.5, 0.6) is 0 Å². The molecule has 8 heteroatoms. The summed E-state index contributed by atoms with van der Waals surface area (Å²) in [5.41, 5.74) is -1.35. The molecule has 0 aliphatic carbocycles. The molecule has 25 heavy (non-hydrogen) atoms. The van der Waals surface area contributed by atoms with Crippen molar-refractivity contribution in [2.24, 2.45) is 4.40 Å². The van der Waals surface area contributed by atoms with Gasteiger partial charge in [0.1, 0.15) is 16.8 Å². The lowest BCUT2D eigenvalue weighted by atomic mass is 10.0. The fourth-order valence-corrected chi connectivity index (χ4v) is 2.38. The van der Waals surface area contributed by atoms with E-state index in [1.807, 2.05) is 0 Å². The average Bonchev–Trinajstić information content (AvgIpc) is 2.45. The third-order valence-corrected chi connectivity index (χ3v) is 4.56. The van der Waals surface area contributed by atoms with Gasteiger partial charge in [-0.2, -0.15) is 13.2 Å². The molecule has 1 aromatic carbocycles. The van der Waals surface area contributed by atoms with Crippen molar-refractivity contribution >= 4 is 22.7 Å². The number of carbonyl (C=O) groups is 1. The maximum Gasteiger partial charge on any atom is 0.382 e. The van der Waals surface area contributed by atoms with E-state index in [-0.39, 0.29) is 11.3 Å². The van der Waals surface area contributed by atoms with Crippen molar-refractivity contribution in [2.75, 3.05) is 0 Å². The highest BCUT2D eigenvalue weighted by Gasteiger charge is 2.46. The Labute approximate surface area is 148 Å². The summed E-state index contributed by atoms with van der Waals surface area (Å²) in [4.78, 5) is 11.6. The van der Waals surface area contributed by atoms with Crippen LogP contribution in [0.25, 0.3) is 0 Å². The molecule has 0 aliphatic heterocycles. The Morgan fingerprint density at radius 1 is 1.24 bits per heavy atom. The van der Waals surface area contributed by atoms with Gasteiger partial charge in [0.15, 0.2) is 0 Å². The number of hydrogen-bond donors (Lipinski definition) is 0. The number of ether oxygens (including phenoxy) is 1. The van der Waals surface area contributed by atoms with Gasteiger partial charge in [0.25, 0.3) is 0 Å². The minimum Gasteiger partial charge on any atom is -0.458 e. The quantitative estimate of drug-likeness (QED) is 0.572.